The van der Waals surface area contributed by atoms with Crippen LogP contribution >= 0.6 is 0 Å². The van der Waals surface area contributed by atoms with Crippen molar-refractivity contribution >= 4 is 60.8 Å². The van der Waals surface area contributed by atoms with Gasteiger partial charge in [-0.15, -0.1) is 0 Å². The highest BCUT2D eigenvalue weighted by Crippen LogP contribution is 2.40. The van der Waals surface area contributed by atoms with Gasteiger partial charge in [0.25, 0.3) is 0 Å². The maximum atomic E-state index is 6.40. The molecule has 0 atom stereocenters. The second-order valence-corrected chi connectivity index (χ2v) is 14.5. The van der Waals surface area contributed by atoms with Gasteiger partial charge in [0.2, 0.25) is 0 Å². The smallest absolute Gasteiger partial charge is 0.143 e. The molecule has 0 saturated carbocycles. The van der Waals surface area contributed by atoms with E-state index >= 15 is 0 Å². The Morgan fingerprint density at radius 2 is 0.754 bits per heavy atom. The Labute approximate surface area is 330 Å². The number of hydrogen-bond donors (Lipinski definition) is 0. The topological polar surface area (TPSA) is 21.3 Å². The van der Waals surface area contributed by atoms with Gasteiger partial charge >= 0.3 is 0 Å². The van der Waals surface area contributed by atoms with Crippen molar-refractivity contribution in [1.29, 1.82) is 0 Å². The monoisotopic (exact) mass is 728 g/mol. The lowest BCUT2D eigenvalue weighted by Crippen LogP contribution is -2.09. The minimum atomic E-state index is 0.907. The Morgan fingerprint density at radius 1 is 0.316 bits per heavy atom. The summed E-state index contributed by atoms with van der Waals surface area (Å²) in [5.74, 6) is 0. The fourth-order valence-electron chi connectivity index (χ4n) is 8.45. The summed E-state index contributed by atoms with van der Waals surface area (Å²) in [6.07, 6.45) is 0. The molecule has 9 aromatic carbocycles. The van der Waals surface area contributed by atoms with Crippen LogP contribution in [-0.4, -0.2) is 4.57 Å². The number of anilines is 3. The molecular formula is C54H36N2O. The Balaban J connectivity index is 0.947. The summed E-state index contributed by atoms with van der Waals surface area (Å²) in [5.41, 5.74) is 15.6. The number of para-hydroxylation sites is 4. The first-order chi connectivity index (χ1) is 28.3. The number of hydrogen-bond acceptors (Lipinski definition) is 2. The molecule has 268 valence electrons. The molecule has 3 heteroatoms. The molecule has 0 fully saturated rings. The molecule has 11 aromatic rings. The van der Waals surface area contributed by atoms with Crippen molar-refractivity contribution in [3.05, 3.63) is 218 Å². The number of fused-ring (bicyclic) bond motifs is 6. The second kappa shape index (κ2) is 13.6. The predicted molar refractivity (Wildman–Crippen MR) is 239 cm³/mol. The first-order valence-corrected chi connectivity index (χ1v) is 19.4. The number of nitrogens with zero attached hydrogens (tertiary/aromatic N) is 2. The zero-order valence-electron chi connectivity index (χ0n) is 31.1. The van der Waals surface area contributed by atoms with Crippen LogP contribution in [-0.2, 0) is 0 Å². The van der Waals surface area contributed by atoms with Crippen LogP contribution in [0.15, 0.2) is 223 Å². The Kier molecular flexibility index (Phi) is 7.82. The normalized spacial score (nSPS) is 11.5. The summed E-state index contributed by atoms with van der Waals surface area (Å²) in [4.78, 5) is 2.33. The van der Waals surface area contributed by atoms with Gasteiger partial charge in [0.15, 0.2) is 0 Å². The van der Waals surface area contributed by atoms with E-state index in [0.29, 0.717) is 0 Å². The molecule has 0 aliphatic rings. The third kappa shape index (κ3) is 5.68. The fourth-order valence-corrected chi connectivity index (χ4v) is 8.45. The maximum Gasteiger partial charge on any atom is 0.143 e. The quantitative estimate of drug-likeness (QED) is 0.163. The largest absolute Gasteiger partial charge is 0.455 e. The third-order valence-electron chi connectivity index (χ3n) is 11.2. The van der Waals surface area contributed by atoms with Crippen LogP contribution in [0, 0.1) is 0 Å². The lowest BCUT2D eigenvalue weighted by molar-refractivity contribution is 0.670. The molecule has 3 nitrogen and oxygen atoms in total. The molecule has 0 amide bonds. The Hall–Kier alpha value is -7.62. The van der Waals surface area contributed by atoms with Gasteiger partial charge in [-0.2, -0.15) is 0 Å². The average molecular weight is 729 g/mol. The van der Waals surface area contributed by atoms with Crippen LogP contribution in [0.2, 0.25) is 0 Å². The van der Waals surface area contributed by atoms with Crippen LogP contribution in [0.25, 0.3) is 82.8 Å². The first kappa shape index (κ1) is 32.8. The van der Waals surface area contributed by atoms with E-state index in [1.165, 1.54) is 44.1 Å². The van der Waals surface area contributed by atoms with Crippen molar-refractivity contribution in [2.45, 2.75) is 0 Å². The van der Waals surface area contributed by atoms with Crippen LogP contribution in [0.4, 0.5) is 17.1 Å². The van der Waals surface area contributed by atoms with Crippen molar-refractivity contribution in [3.8, 4) is 39.1 Å². The number of aromatic nitrogens is 1. The summed E-state index contributed by atoms with van der Waals surface area (Å²) in [5, 5.41) is 4.81. The average Bonchev–Trinajstić information content (AvgIpc) is 3.84. The zero-order chi connectivity index (χ0) is 37.7. The summed E-state index contributed by atoms with van der Waals surface area (Å²) in [6.45, 7) is 0. The van der Waals surface area contributed by atoms with Gasteiger partial charge in [0, 0.05) is 49.9 Å². The van der Waals surface area contributed by atoms with Gasteiger partial charge in [0.1, 0.15) is 11.2 Å². The molecule has 57 heavy (non-hydrogen) atoms. The van der Waals surface area contributed by atoms with Crippen molar-refractivity contribution in [3.63, 3.8) is 0 Å². The number of furan rings is 1. The standard InChI is InChI=1S/C54H36N2O/c1-2-11-37(12-3-1)38-21-29-42(30-22-38)55(44-35-27-41(28-36-44)46-16-10-17-50-49-15-6-9-20-53(49)57-54(46)50)43-31-23-39(24-32-43)40-25-33-45(34-26-40)56-51-18-7-4-13-47(51)48-14-5-8-19-52(48)56/h1-36H. The van der Waals surface area contributed by atoms with Gasteiger partial charge < -0.3 is 13.9 Å². The first-order valence-electron chi connectivity index (χ1n) is 19.4. The van der Waals surface area contributed by atoms with Crippen molar-refractivity contribution < 1.29 is 4.42 Å². The van der Waals surface area contributed by atoms with Gasteiger partial charge in [-0.1, -0.05) is 152 Å². The van der Waals surface area contributed by atoms with E-state index in [2.05, 4.69) is 216 Å². The highest BCUT2D eigenvalue weighted by Gasteiger charge is 2.17. The summed E-state index contributed by atoms with van der Waals surface area (Å²) in [7, 11) is 0. The molecule has 2 heterocycles. The highest BCUT2D eigenvalue weighted by atomic mass is 16.3. The number of benzene rings is 9. The second-order valence-electron chi connectivity index (χ2n) is 14.5. The lowest BCUT2D eigenvalue weighted by Gasteiger charge is -2.26. The van der Waals surface area contributed by atoms with E-state index in [1.54, 1.807) is 0 Å². The van der Waals surface area contributed by atoms with Crippen LogP contribution in [0.1, 0.15) is 0 Å². The Morgan fingerprint density at radius 3 is 1.33 bits per heavy atom. The third-order valence-corrected chi connectivity index (χ3v) is 11.2. The maximum absolute atomic E-state index is 6.40. The molecule has 0 aliphatic carbocycles. The molecule has 2 aromatic heterocycles. The van der Waals surface area contributed by atoms with E-state index in [-0.39, 0.29) is 0 Å². The highest BCUT2D eigenvalue weighted by molar-refractivity contribution is 6.10. The lowest BCUT2D eigenvalue weighted by atomic mass is 10.0. The molecule has 11 rings (SSSR count). The molecule has 0 aliphatic heterocycles. The summed E-state index contributed by atoms with van der Waals surface area (Å²) < 4.78 is 8.76. The molecule has 0 bridgehead atoms. The summed E-state index contributed by atoms with van der Waals surface area (Å²) in [6, 6.07) is 78.0. The van der Waals surface area contributed by atoms with Crippen molar-refractivity contribution in [1.82, 2.24) is 4.57 Å². The molecule has 0 N–H and O–H groups in total. The van der Waals surface area contributed by atoms with Crippen LogP contribution in [0.5, 0.6) is 0 Å². The van der Waals surface area contributed by atoms with Crippen LogP contribution < -0.4 is 4.90 Å². The molecular weight excluding hydrogens is 693 g/mol. The Bertz CT molecular complexity index is 3140. The van der Waals surface area contributed by atoms with Crippen LogP contribution in [0.3, 0.4) is 0 Å². The van der Waals surface area contributed by atoms with Gasteiger partial charge in [-0.25, -0.2) is 0 Å². The van der Waals surface area contributed by atoms with E-state index < -0.39 is 0 Å². The minimum absolute atomic E-state index is 0.907. The van der Waals surface area contributed by atoms with Crippen molar-refractivity contribution in [2.24, 2.45) is 0 Å². The molecule has 0 saturated heterocycles. The molecule has 0 unspecified atom stereocenters. The minimum Gasteiger partial charge on any atom is -0.455 e. The van der Waals surface area contributed by atoms with Gasteiger partial charge in [0.05, 0.1) is 11.0 Å². The van der Waals surface area contributed by atoms with E-state index in [4.69, 9.17) is 4.42 Å². The van der Waals surface area contributed by atoms with E-state index in [9.17, 15) is 0 Å². The molecule has 0 radical (unpaired) electrons. The predicted octanol–water partition coefficient (Wildman–Crippen LogP) is 15.2. The molecule has 0 spiro atoms. The van der Waals surface area contributed by atoms with Gasteiger partial charge in [-0.3, -0.25) is 0 Å². The number of rotatable bonds is 7. The van der Waals surface area contributed by atoms with Crippen molar-refractivity contribution in [2.75, 3.05) is 4.90 Å². The zero-order valence-corrected chi connectivity index (χ0v) is 31.1. The van der Waals surface area contributed by atoms with E-state index in [0.717, 1.165) is 55.8 Å². The van der Waals surface area contributed by atoms with E-state index in [1.807, 2.05) is 12.1 Å². The SMILES string of the molecule is c1ccc(-c2ccc(N(c3ccc(-c4ccc(-n5c6ccccc6c6ccccc65)cc4)cc3)c3ccc(-c4cccc5c4oc4ccccc45)cc3)cc2)cc1. The van der Waals surface area contributed by atoms with Gasteiger partial charge in [-0.05, 0) is 94.5 Å². The fraction of sp³-hybridized carbons (Fsp3) is 0. The summed E-state index contributed by atoms with van der Waals surface area (Å²) >= 11 is 0.